The molecule has 11 nitrogen and oxygen atoms in total. The van der Waals surface area contributed by atoms with Crippen LogP contribution in [0.3, 0.4) is 0 Å². The number of aryl methyl sites for hydroxylation is 2. The number of rotatable bonds is 7. The van der Waals surface area contributed by atoms with Gasteiger partial charge in [0.15, 0.2) is 17.7 Å². The van der Waals surface area contributed by atoms with Crippen molar-refractivity contribution in [2.75, 3.05) is 50.9 Å². The Labute approximate surface area is 292 Å². The molecule has 1 aromatic carbocycles. The SMILES string of the molecule is Cc1nc2c(cc(-c3cncc(N4CCN(C5CCOCC5)CC4)n3)n2C)c(-c2cc(F)c3c(c2C)CCCO3)c1[C@H](OC(C)(C)C)C(=O)O. The number of hydrogen-bond acceptors (Lipinski definition) is 9. The molecule has 0 radical (unpaired) electrons. The van der Waals surface area contributed by atoms with Crippen LogP contribution in [0, 0.1) is 19.7 Å². The predicted octanol–water partition coefficient (Wildman–Crippen LogP) is 6.02. The number of hydrogen-bond donors (Lipinski definition) is 1. The fourth-order valence-electron chi connectivity index (χ4n) is 7.82. The summed E-state index contributed by atoms with van der Waals surface area (Å²) in [6.07, 6.45) is 5.81. The molecule has 1 atom stereocenters. The van der Waals surface area contributed by atoms with E-state index in [1.54, 1.807) is 13.1 Å². The van der Waals surface area contributed by atoms with E-state index in [0.29, 0.717) is 58.2 Å². The van der Waals surface area contributed by atoms with E-state index < -0.39 is 23.5 Å². The second-order valence-corrected chi connectivity index (χ2v) is 14.7. The van der Waals surface area contributed by atoms with Crippen molar-refractivity contribution in [3.8, 4) is 28.3 Å². The molecule has 1 N–H and O–H groups in total. The van der Waals surface area contributed by atoms with E-state index in [1.807, 2.05) is 51.6 Å². The Hall–Kier alpha value is -4.13. The summed E-state index contributed by atoms with van der Waals surface area (Å²) in [4.78, 5) is 32.5. The largest absolute Gasteiger partial charge is 0.490 e. The van der Waals surface area contributed by atoms with E-state index in [0.717, 1.165) is 81.3 Å². The van der Waals surface area contributed by atoms with Crippen LogP contribution >= 0.6 is 0 Å². The maximum Gasteiger partial charge on any atom is 0.337 e. The summed E-state index contributed by atoms with van der Waals surface area (Å²) in [5.74, 6) is -0.529. The number of fused-ring (bicyclic) bond motifs is 2. The Bertz CT molecular complexity index is 1920. The molecule has 0 unspecified atom stereocenters. The van der Waals surface area contributed by atoms with Crippen LogP contribution < -0.4 is 9.64 Å². The molecule has 50 heavy (non-hydrogen) atoms. The van der Waals surface area contributed by atoms with E-state index in [4.69, 9.17) is 24.2 Å². The van der Waals surface area contributed by atoms with Crippen LogP contribution in [0.2, 0.25) is 0 Å². The molecule has 2 fully saturated rings. The van der Waals surface area contributed by atoms with Crippen molar-refractivity contribution in [1.82, 2.24) is 24.4 Å². The molecule has 0 bridgehead atoms. The summed E-state index contributed by atoms with van der Waals surface area (Å²) in [7, 11) is 1.92. The van der Waals surface area contributed by atoms with E-state index in [9.17, 15) is 9.90 Å². The lowest BCUT2D eigenvalue weighted by molar-refractivity contribution is -0.160. The Kier molecular flexibility index (Phi) is 9.29. The first kappa shape index (κ1) is 34.3. The molecule has 4 aromatic rings. The average Bonchev–Trinajstić information content (AvgIpc) is 3.43. The number of carbonyl (C=O) groups is 1. The highest BCUT2D eigenvalue weighted by molar-refractivity contribution is 6.01. The van der Waals surface area contributed by atoms with Crippen molar-refractivity contribution in [1.29, 1.82) is 0 Å². The lowest BCUT2D eigenvalue weighted by Gasteiger charge is -2.41. The van der Waals surface area contributed by atoms with Crippen LogP contribution in [0.25, 0.3) is 33.5 Å². The Morgan fingerprint density at radius 2 is 1.80 bits per heavy atom. The van der Waals surface area contributed by atoms with Gasteiger partial charge in [-0.05, 0) is 83.6 Å². The Morgan fingerprint density at radius 3 is 2.50 bits per heavy atom. The molecule has 3 aromatic heterocycles. The summed E-state index contributed by atoms with van der Waals surface area (Å²) in [6, 6.07) is 4.02. The fraction of sp³-hybridized carbons (Fsp3) is 0.526. The smallest absolute Gasteiger partial charge is 0.337 e. The first-order chi connectivity index (χ1) is 23.9. The number of ether oxygens (including phenoxy) is 3. The standard InChI is InChI=1S/C38H47FN6O5/c1-22-25-8-7-15-49-34(25)28(39)18-26(22)33-27-19-30(43(6)36(27)41-23(2)32(33)35(37(46)47)50-38(3,4)5)29-20-40-21-31(42-29)45-13-11-44(12-14-45)24-9-16-48-17-10-24/h18-21,24,35H,7-17H2,1-6H3,(H,46,47)/t35-/m0/s1. The van der Waals surface area contributed by atoms with Crippen LogP contribution in [-0.4, -0.2) is 93.1 Å². The predicted molar refractivity (Wildman–Crippen MR) is 189 cm³/mol. The minimum Gasteiger partial charge on any atom is -0.490 e. The molecular weight excluding hydrogens is 639 g/mol. The number of pyridine rings is 1. The van der Waals surface area contributed by atoms with Gasteiger partial charge in [0.05, 0.1) is 30.3 Å². The molecule has 2 saturated heterocycles. The van der Waals surface area contributed by atoms with Gasteiger partial charge in [0.2, 0.25) is 0 Å². The van der Waals surface area contributed by atoms with Crippen LogP contribution in [0.5, 0.6) is 5.75 Å². The normalized spacial score (nSPS) is 18.3. The van der Waals surface area contributed by atoms with Gasteiger partial charge in [-0.2, -0.15) is 0 Å². The summed E-state index contributed by atoms with van der Waals surface area (Å²) in [5, 5.41) is 11.3. The highest BCUT2D eigenvalue weighted by Gasteiger charge is 2.35. The van der Waals surface area contributed by atoms with Gasteiger partial charge in [-0.25, -0.2) is 19.2 Å². The number of carboxylic acids is 1. The zero-order valence-electron chi connectivity index (χ0n) is 29.9. The molecule has 12 heteroatoms. The Morgan fingerprint density at radius 1 is 1.06 bits per heavy atom. The minimum atomic E-state index is -1.34. The number of benzene rings is 1. The fourth-order valence-corrected chi connectivity index (χ4v) is 7.82. The van der Waals surface area contributed by atoms with Gasteiger partial charge >= 0.3 is 5.97 Å². The number of nitrogens with zero attached hydrogens (tertiary/aromatic N) is 6. The van der Waals surface area contributed by atoms with Gasteiger partial charge in [-0.3, -0.25) is 9.88 Å². The third-order valence-electron chi connectivity index (χ3n) is 10.3. The highest BCUT2D eigenvalue weighted by Crippen LogP contribution is 2.45. The Balaban J connectivity index is 1.35. The molecule has 3 aliphatic heterocycles. The molecule has 6 heterocycles. The van der Waals surface area contributed by atoms with Crippen molar-refractivity contribution in [2.24, 2.45) is 7.05 Å². The minimum absolute atomic E-state index is 0.274. The first-order valence-electron chi connectivity index (χ1n) is 17.7. The van der Waals surface area contributed by atoms with Crippen LogP contribution in [0.1, 0.15) is 68.5 Å². The lowest BCUT2D eigenvalue weighted by Crippen LogP contribution is -2.51. The van der Waals surface area contributed by atoms with Crippen LogP contribution in [0.15, 0.2) is 24.5 Å². The second kappa shape index (κ2) is 13.5. The van der Waals surface area contributed by atoms with Crippen molar-refractivity contribution in [2.45, 2.75) is 78.0 Å². The molecule has 7 rings (SSSR count). The van der Waals surface area contributed by atoms with Crippen LogP contribution in [0.4, 0.5) is 10.2 Å². The molecule has 3 aliphatic rings. The molecule has 266 valence electrons. The summed E-state index contributed by atoms with van der Waals surface area (Å²) in [6.45, 7) is 15.0. The van der Waals surface area contributed by atoms with Crippen molar-refractivity contribution < 1.29 is 28.5 Å². The number of piperazine rings is 1. The third kappa shape index (κ3) is 6.44. The number of aromatic nitrogens is 4. The summed E-state index contributed by atoms with van der Waals surface area (Å²) >= 11 is 0. The maximum atomic E-state index is 15.8. The molecule has 0 amide bonds. The van der Waals surface area contributed by atoms with E-state index in [1.165, 1.54) is 6.07 Å². The van der Waals surface area contributed by atoms with Crippen LogP contribution in [-0.2, 0) is 27.7 Å². The van der Waals surface area contributed by atoms with Gasteiger partial charge in [0, 0.05) is 80.3 Å². The molecule has 0 spiro atoms. The zero-order valence-corrected chi connectivity index (χ0v) is 29.9. The third-order valence-corrected chi connectivity index (χ3v) is 10.3. The average molecular weight is 687 g/mol. The zero-order chi connectivity index (χ0) is 35.3. The lowest BCUT2D eigenvalue weighted by atomic mass is 9.86. The second-order valence-electron chi connectivity index (χ2n) is 14.7. The number of halogens is 1. The maximum absolute atomic E-state index is 15.8. The van der Waals surface area contributed by atoms with Gasteiger partial charge in [-0.15, -0.1) is 0 Å². The number of aliphatic carboxylic acids is 1. The molecule has 0 saturated carbocycles. The van der Waals surface area contributed by atoms with E-state index in [-0.39, 0.29) is 5.75 Å². The first-order valence-corrected chi connectivity index (χ1v) is 17.7. The monoisotopic (exact) mass is 686 g/mol. The topological polar surface area (TPSA) is 115 Å². The van der Waals surface area contributed by atoms with Gasteiger partial charge in [0.25, 0.3) is 0 Å². The summed E-state index contributed by atoms with van der Waals surface area (Å²) < 4.78 is 35.3. The molecule has 0 aliphatic carbocycles. The van der Waals surface area contributed by atoms with Gasteiger partial charge in [0.1, 0.15) is 17.2 Å². The summed E-state index contributed by atoms with van der Waals surface area (Å²) in [5.41, 5.74) is 5.01. The van der Waals surface area contributed by atoms with Gasteiger partial charge < -0.3 is 28.8 Å². The number of anilines is 1. The highest BCUT2D eigenvalue weighted by atomic mass is 19.1. The molecular formula is C38H47FN6O5. The quantitative estimate of drug-likeness (QED) is 0.248. The number of carboxylic acid groups (broad SMARTS) is 1. The van der Waals surface area contributed by atoms with Crippen molar-refractivity contribution >= 4 is 22.8 Å². The van der Waals surface area contributed by atoms with Crippen molar-refractivity contribution in [3.05, 3.63) is 52.7 Å². The van der Waals surface area contributed by atoms with Gasteiger partial charge in [-0.1, -0.05) is 0 Å². The van der Waals surface area contributed by atoms with Crippen molar-refractivity contribution in [3.63, 3.8) is 0 Å². The van der Waals surface area contributed by atoms with E-state index >= 15 is 4.39 Å². The van der Waals surface area contributed by atoms with E-state index in [2.05, 4.69) is 14.8 Å².